The first-order valence-corrected chi connectivity index (χ1v) is 12.0. The summed E-state index contributed by atoms with van der Waals surface area (Å²) in [5.41, 5.74) is 4.03. The van der Waals surface area contributed by atoms with Crippen LogP contribution in [0.2, 0.25) is 0 Å². The molecule has 1 heterocycles. The summed E-state index contributed by atoms with van der Waals surface area (Å²) in [6, 6.07) is 21.4. The first-order chi connectivity index (χ1) is 16.4. The van der Waals surface area contributed by atoms with Crippen LogP contribution in [0.25, 0.3) is 6.08 Å². The van der Waals surface area contributed by atoms with Gasteiger partial charge in [-0.25, -0.2) is 9.79 Å². The number of carbonyl (C=O) groups is 1. The summed E-state index contributed by atoms with van der Waals surface area (Å²) in [5.74, 6) is 1.49. The molecule has 0 bridgehead atoms. The van der Waals surface area contributed by atoms with E-state index in [-0.39, 0.29) is 5.70 Å². The largest absolute Gasteiger partial charge is 0.490 e. The second-order valence-corrected chi connectivity index (χ2v) is 8.99. The van der Waals surface area contributed by atoms with Gasteiger partial charge in [-0.2, -0.15) is 0 Å². The van der Waals surface area contributed by atoms with Crippen LogP contribution < -0.4 is 9.47 Å². The van der Waals surface area contributed by atoms with Crippen molar-refractivity contribution in [2.24, 2.45) is 4.99 Å². The number of ether oxygens (including phenoxy) is 3. The molecular formula is C28H26BrNO4. The van der Waals surface area contributed by atoms with Crippen LogP contribution in [-0.2, 0) is 16.1 Å². The quantitative estimate of drug-likeness (QED) is 0.240. The maximum atomic E-state index is 12.4. The van der Waals surface area contributed by atoms with Crippen molar-refractivity contribution in [1.82, 2.24) is 0 Å². The van der Waals surface area contributed by atoms with E-state index < -0.39 is 5.97 Å². The minimum absolute atomic E-state index is 0.243. The highest BCUT2D eigenvalue weighted by molar-refractivity contribution is 9.10. The molecule has 0 radical (unpaired) electrons. The van der Waals surface area contributed by atoms with Gasteiger partial charge in [0.25, 0.3) is 0 Å². The van der Waals surface area contributed by atoms with Crippen LogP contribution in [0.15, 0.2) is 81.9 Å². The van der Waals surface area contributed by atoms with E-state index in [1.54, 1.807) is 6.08 Å². The smallest absolute Gasteiger partial charge is 0.363 e. The van der Waals surface area contributed by atoms with E-state index in [4.69, 9.17) is 14.2 Å². The molecule has 174 valence electrons. The van der Waals surface area contributed by atoms with Crippen molar-refractivity contribution < 1.29 is 19.0 Å². The van der Waals surface area contributed by atoms with E-state index >= 15 is 0 Å². The van der Waals surface area contributed by atoms with E-state index in [0.717, 1.165) is 21.2 Å². The fraction of sp³-hybridized carbons (Fsp3) is 0.214. The van der Waals surface area contributed by atoms with Crippen molar-refractivity contribution >= 4 is 33.9 Å². The van der Waals surface area contributed by atoms with Crippen molar-refractivity contribution in [3.63, 3.8) is 0 Å². The second kappa shape index (κ2) is 10.7. The maximum absolute atomic E-state index is 12.4. The predicted molar refractivity (Wildman–Crippen MR) is 137 cm³/mol. The first-order valence-electron chi connectivity index (χ1n) is 11.2. The van der Waals surface area contributed by atoms with Gasteiger partial charge in [0.15, 0.2) is 17.2 Å². The topological polar surface area (TPSA) is 57.1 Å². The van der Waals surface area contributed by atoms with Crippen molar-refractivity contribution in [3.8, 4) is 11.5 Å². The van der Waals surface area contributed by atoms with E-state index in [1.165, 1.54) is 5.56 Å². The van der Waals surface area contributed by atoms with Gasteiger partial charge in [-0.05, 0) is 60.4 Å². The first kappa shape index (κ1) is 23.8. The number of hydrogen-bond acceptors (Lipinski definition) is 5. The standard InChI is InChI=1S/C28H26BrNO4/c1-4-32-26-16-19(9-14-25(26)33-17-22-7-5-6-8-23(22)29)15-24-28(31)34-27(30-24)21-12-10-20(11-13-21)18(2)3/h5-16,18H,4,17H2,1-3H3/b24-15-. The minimum Gasteiger partial charge on any atom is -0.490 e. The number of aliphatic imine (C=N–C) groups is 1. The van der Waals surface area contributed by atoms with Crippen LogP contribution in [0.4, 0.5) is 0 Å². The van der Waals surface area contributed by atoms with Crippen LogP contribution >= 0.6 is 15.9 Å². The third-order valence-electron chi connectivity index (χ3n) is 5.36. The number of benzene rings is 3. The number of nitrogens with zero attached hydrogens (tertiary/aromatic N) is 1. The Hall–Kier alpha value is -3.38. The van der Waals surface area contributed by atoms with E-state index in [0.29, 0.717) is 36.5 Å². The molecule has 0 saturated heterocycles. The fourth-order valence-electron chi connectivity index (χ4n) is 3.47. The summed E-state index contributed by atoms with van der Waals surface area (Å²) in [6.45, 7) is 7.07. The summed E-state index contributed by atoms with van der Waals surface area (Å²) in [6.07, 6.45) is 1.69. The van der Waals surface area contributed by atoms with Crippen LogP contribution in [0, 0.1) is 0 Å². The third-order valence-corrected chi connectivity index (χ3v) is 6.13. The SMILES string of the molecule is CCOc1cc(/C=C2\N=C(c3ccc(C(C)C)cc3)OC2=O)ccc1OCc1ccccc1Br. The Morgan fingerprint density at radius 2 is 1.76 bits per heavy atom. The molecule has 0 aromatic heterocycles. The van der Waals surface area contributed by atoms with Crippen molar-refractivity contribution in [2.45, 2.75) is 33.3 Å². The molecule has 1 aliphatic heterocycles. The van der Waals surface area contributed by atoms with Gasteiger partial charge in [0.05, 0.1) is 6.61 Å². The van der Waals surface area contributed by atoms with Crippen molar-refractivity contribution in [2.75, 3.05) is 6.61 Å². The Balaban J connectivity index is 1.55. The molecule has 0 spiro atoms. The zero-order valence-electron chi connectivity index (χ0n) is 19.4. The lowest BCUT2D eigenvalue weighted by Crippen LogP contribution is -2.05. The van der Waals surface area contributed by atoms with Crippen molar-refractivity contribution in [3.05, 3.63) is 99.2 Å². The van der Waals surface area contributed by atoms with E-state index in [9.17, 15) is 4.79 Å². The highest BCUT2D eigenvalue weighted by atomic mass is 79.9. The number of carbonyl (C=O) groups excluding carboxylic acids is 1. The number of cyclic esters (lactones) is 1. The molecule has 0 fully saturated rings. The number of hydrogen-bond donors (Lipinski definition) is 0. The monoisotopic (exact) mass is 519 g/mol. The number of halogens is 1. The zero-order chi connectivity index (χ0) is 24.1. The average molecular weight is 520 g/mol. The lowest BCUT2D eigenvalue weighted by atomic mass is 10.0. The molecule has 0 saturated carbocycles. The Labute approximate surface area is 208 Å². The van der Waals surface area contributed by atoms with E-state index in [2.05, 4.69) is 34.8 Å². The maximum Gasteiger partial charge on any atom is 0.363 e. The number of rotatable bonds is 8. The molecule has 1 aliphatic rings. The van der Waals surface area contributed by atoms with Crippen LogP contribution in [0.1, 0.15) is 48.9 Å². The third kappa shape index (κ3) is 5.57. The van der Waals surface area contributed by atoms with Crippen LogP contribution in [0.5, 0.6) is 11.5 Å². The van der Waals surface area contributed by atoms with Gasteiger partial charge in [0.2, 0.25) is 5.90 Å². The average Bonchev–Trinajstić information content (AvgIpc) is 3.20. The fourth-order valence-corrected chi connectivity index (χ4v) is 3.87. The Morgan fingerprint density at radius 3 is 2.47 bits per heavy atom. The molecule has 3 aromatic rings. The highest BCUT2D eigenvalue weighted by Crippen LogP contribution is 2.31. The molecule has 5 nitrogen and oxygen atoms in total. The Morgan fingerprint density at radius 1 is 1.00 bits per heavy atom. The molecule has 0 aliphatic carbocycles. The summed E-state index contributed by atoms with van der Waals surface area (Å²) < 4.78 is 18.2. The molecular weight excluding hydrogens is 494 g/mol. The lowest BCUT2D eigenvalue weighted by Gasteiger charge is -2.13. The van der Waals surface area contributed by atoms with Gasteiger partial charge in [-0.3, -0.25) is 0 Å². The minimum atomic E-state index is -0.477. The van der Waals surface area contributed by atoms with Gasteiger partial charge < -0.3 is 14.2 Å². The normalized spacial score (nSPS) is 14.3. The van der Waals surface area contributed by atoms with Gasteiger partial charge in [0, 0.05) is 15.6 Å². The molecule has 3 aromatic carbocycles. The predicted octanol–water partition coefficient (Wildman–Crippen LogP) is 6.89. The van der Waals surface area contributed by atoms with Crippen LogP contribution in [0.3, 0.4) is 0 Å². The van der Waals surface area contributed by atoms with Gasteiger partial charge in [-0.15, -0.1) is 0 Å². The summed E-state index contributed by atoms with van der Waals surface area (Å²) >= 11 is 3.54. The summed E-state index contributed by atoms with van der Waals surface area (Å²) in [4.78, 5) is 16.9. The molecule has 0 amide bonds. The molecule has 0 unspecified atom stereocenters. The zero-order valence-corrected chi connectivity index (χ0v) is 21.0. The highest BCUT2D eigenvalue weighted by Gasteiger charge is 2.24. The molecule has 0 N–H and O–H groups in total. The molecule has 4 rings (SSSR count). The van der Waals surface area contributed by atoms with Crippen LogP contribution in [-0.4, -0.2) is 18.5 Å². The second-order valence-electron chi connectivity index (χ2n) is 8.13. The molecule has 6 heteroatoms. The van der Waals surface area contributed by atoms with Gasteiger partial charge >= 0.3 is 5.97 Å². The molecule has 0 atom stereocenters. The lowest BCUT2D eigenvalue weighted by molar-refractivity contribution is -0.129. The summed E-state index contributed by atoms with van der Waals surface area (Å²) in [5, 5.41) is 0. The Bertz CT molecular complexity index is 1250. The van der Waals surface area contributed by atoms with Gasteiger partial charge in [0.1, 0.15) is 6.61 Å². The Kier molecular flexibility index (Phi) is 7.48. The van der Waals surface area contributed by atoms with Gasteiger partial charge in [-0.1, -0.05) is 66.2 Å². The van der Waals surface area contributed by atoms with E-state index in [1.807, 2.05) is 73.7 Å². The van der Waals surface area contributed by atoms with Crippen molar-refractivity contribution in [1.29, 1.82) is 0 Å². The number of esters is 1. The summed E-state index contributed by atoms with van der Waals surface area (Å²) in [7, 11) is 0. The molecule has 34 heavy (non-hydrogen) atoms.